The van der Waals surface area contributed by atoms with Crippen molar-refractivity contribution in [3.8, 4) is 0 Å². The fourth-order valence-electron chi connectivity index (χ4n) is 2.00. The van der Waals surface area contributed by atoms with E-state index >= 15 is 0 Å². The molecule has 0 aromatic carbocycles. The van der Waals surface area contributed by atoms with Gasteiger partial charge in [-0.2, -0.15) is 0 Å². The van der Waals surface area contributed by atoms with Gasteiger partial charge in [-0.05, 0) is 19.3 Å². The molecule has 1 rings (SSSR count). The molecule has 1 amide bonds. The number of esters is 1. The van der Waals surface area contributed by atoms with Crippen LogP contribution in [0.25, 0.3) is 0 Å². The molecule has 0 atom stereocenters. The Morgan fingerprint density at radius 1 is 1.31 bits per heavy atom. The predicted molar refractivity (Wildman–Crippen MR) is 60.8 cm³/mol. The normalized spacial score (nSPS) is 17.4. The van der Waals surface area contributed by atoms with Gasteiger partial charge in [-0.15, -0.1) is 0 Å². The van der Waals surface area contributed by atoms with E-state index in [1.165, 1.54) is 7.11 Å². The molecular weight excluding hydrogens is 206 g/mol. The number of methoxy groups -OCH3 is 1. The maximum atomic E-state index is 11.9. The van der Waals surface area contributed by atoms with Gasteiger partial charge in [-0.25, -0.2) is 0 Å². The molecule has 92 valence electrons. The van der Waals surface area contributed by atoms with Crippen LogP contribution in [0, 0.1) is 5.41 Å². The van der Waals surface area contributed by atoms with Gasteiger partial charge in [-0.1, -0.05) is 26.2 Å². The van der Waals surface area contributed by atoms with E-state index in [-0.39, 0.29) is 11.9 Å². The maximum Gasteiger partial charge on any atom is 0.321 e. The third kappa shape index (κ3) is 2.54. The van der Waals surface area contributed by atoms with Crippen LogP contribution in [-0.2, 0) is 14.3 Å². The Morgan fingerprint density at radius 2 is 2.00 bits per heavy atom. The summed E-state index contributed by atoms with van der Waals surface area (Å²) >= 11 is 0. The fraction of sp³-hybridized carbons (Fsp3) is 0.833. The van der Waals surface area contributed by atoms with Crippen LogP contribution < -0.4 is 5.32 Å². The minimum atomic E-state index is -0.874. The Kier molecular flexibility index (Phi) is 4.77. The SMILES string of the molecule is CCCCCNC(=O)C1(C(=O)OC)CCC1. The molecule has 0 bridgehead atoms. The lowest BCUT2D eigenvalue weighted by Gasteiger charge is -2.37. The highest BCUT2D eigenvalue weighted by atomic mass is 16.5. The minimum absolute atomic E-state index is 0.151. The molecule has 1 saturated carbocycles. The molecule has 0 aromatic rings. The van der Waals surface area contributed by atoms with Crippen LogP contribution in [0.2, 0.25) is 0 Å². The molecule has 4 nitrogen and oxygen atoms in total. The number of unbranched alkanes of at least 4 members (excludes halogenated alkanes) is 2. The van der Waals surface area contributed by atoms with E-state index in [4.69, 9.17) is 4.74 Å². The van der Waals surface area contributed by atoms with E-state index in [0.717, 1.165) is 25.7 Å². The molecule has 4 heteroatoms. The molecule has 0 heterocycles. The second-order valence-electron chi connectivity index (χ2n) is 4.39. The second-order valence-corrected chi connectivity index (χ2v) is 4.39. The average Bonchev–Trinajstić information content (AvgIpc) is 2.22. The van der Waals surface area contributed by atoms with Gasteiger partial charge in [0.25, 0.3) is 0 Å². The molecule has 1 N–H and O–H groups in total. The Bertz CT molecular complexity index is 259. The van der Waals surface area contributed by atoms with Crippen molar-refractivity contribution in [3.63, 3.8) is 0 Å². The molecule has 0 saturated heterocycles. The highest BCUT2D eigenvalue weighted by Gasteiger charge is 2.51. The Balaban J connectivity index is 2.41. The van der Waals surface area contributed by atoms with Crippen LogP contribution in [0.15, 0.2) is 0 Å². The zero-order valence-electron chi connectivity index (χ0n) is 10.2. The van der Waals surface area contributed by atoms with Crippen LogP contribution in [0.3, 0.4) is 0 Å². The van der Waals surface area contributed by atoms with Crippen molar-refractivity contribution in [2.75, 3.05) is 13.7 Å². The van der Waals surface area contributed by atoms with E-state index in [2.05, 4.69) is 12.2 Å². The first-order valence-electron chi connectivity index (χ1n) is 6.04. The zero-order chi connectivity index (χ0) is 12.0. The third-order valence-electron chi connectivity index (χ3n) is 3.28. The molecule has 1 fully saturated rings. The van der Waals surface area contributed by atoms with Gasteiger partial charge in [0, 0.05) is 6.54 Å². The number of rotatable bonds is 6. The van der Waals surface area contributed by atoms with E-state index in [1.807, 2.05) is 0 Å². The lowest BCUT2D eigenvalue weighted by molar-refractivity contribution is -0.165. The summed E-state index contributed by atoms with van der Waals surface area (Å²) in [6, 6.07) is 0. The van der Waals surface area contributed by atoms with E-state index in [9.17, 15) is 9.59 Å². The summed E-state index contributed by atoms with van der Waals surface area (Å²) in [5.74, 6) is -0.534. The largest absolute Gasteiger partial charge is 0.468 e. The number of amides is 1. The number of hydrogen-bond acceptors (Lipinski definition) is 3. The first-order chi connectivity index (χ1) is 7.67. The van der Waals surface area contributed by atoms with Gasteiger partial charge < -0.3 is 10.1 Å². The number of carbonyl (C=O) groups excluding carboxylic acids is 2. The first kappa shape index (κ1) is 13.0. The Labute approximate surface area is 96.7 Å². The van der Waals surface area contributed by atoms with Crippen LogP contribution in [0.4, 0.5) is 0 Å². The van der Waals surface area contributed by atoms with Crippen molar-refractivity contribution in [3.05, 3.63) is 0 Å². The molecule has 0 spiro atoms. The van der Waals surface area contributed by atoms with Crippen LogP contribution in [0.5, 0.6) is 0 Å². The third-order valence-corrected chi connectivity index (χ3v) is 3.28. The Hall–Kier alpha value is -1.06. The fourth-order valence-corrected chi connectivity index (χ4v) is 2.00. The molecule has 0 aromatic heterocycles. The standard InChI is InChI=1S/C12H21NO3/c1-3-4-5-9-13-10(14)12(7-6-8-12)11(15)16-2/h3-9H2,1-2H3,(H,13,14). The van der Waals surface area contributed by atoms with Crippen LogP contribution in [0.1, 0.15) is 45.4 Å². The highest BCUT2D eigenvalue weighted by Crippen LogP contribution is 2.42. The zero-order valence-corrected chi connectivity index (χ0v) is 10.2. The second kappa shape index (κ2) is 5.87. The number of hydrogen-bond donors (Lipinski definition) is 1. The quantitative estimate of drug-likeness (QED) is 0.426. The number of ether oxygens (including phenoxy) is 1. The van der Waals surface area contributed by atoms with E-state index < -0.39 is 5.41 Å². The summed E-state index contributed by atoms with van der Waals surface area (Å²) in [4.78, 5) is 23.5. The maximum absolute atomic E-state index is 11.9. The van der Waals surface area contributed by atoms with Crippen molar-refractivity contribution in [1.82, 2.24) is 5.32 Å². The Morgan fingerprint density at radius 3 is 2.44 bits per heavy atom. The molecule has 0 radical (unpaired) electrons. The summed E-state index contributed by atoms with van der Waals surface area (Å²) in [5, 5.41) is 2.84. The van der Waals surface area contributed by atoms with Crippen molar-refractivity contribution >= 4 is 11.9 Å². The van der Waals surface area contributed by atoms with Gasteiger partial charge in [0.1, 0.15) is 5.41 Å². The summed E-state index contributed by atoms with van der Waals surface area (Å²) in [7, 11) is 1.34. The monoisotopic (exact) mass is 227 g/mol. The van der Waals surface area contributed by atoms with Gasteiger partial charge in [0.2, 0.25) is 5.91 Å². The molecule has 16 heavy (non-hydrogen) atoms. The van der Waals surface area contributed by atoms with Gasteiger partial charge >= 0.3 is 5.97 Å². The lowest BCUT2D eigenvalue weighted by Crippen LogP contribution is -2.51. The van der Waals surface area contributed by atoms with E-state index in [0.29, 0.717) is 19.4 Å². The molecule has 0 unspecified atom stereocenters. The smallest absolute Gasteiger partial charge is 0.321 e. The van der Waals surface area contributed by atoms with Crippen LogP contribution >= 0.6 is 0 Å². The molecule has 0 aliphatic heterocycles. The minimum Gasteiger partial charge on any atom is -0.468 e. The van der Waals surface area contributed by atoms with Gasteiger partial charge in [0.15, 0.2) is 0 Å². The molecule has 1 aliphatic rings. The van der Waals surface area contributed by atoms with Gasteiger partial charge in [-0.3, -0.25) is 9.59 Å². The highest BCUT2D eigenvalue weighted by molar-refractivity contribution is 6.03. The van der Waals surface area contributed by atoms with Crippen LogP contribution in [-0.4, -0.2) is 25.5 Å². The molecule has 1 aliphatic carbocycles. The summed E-state index contributed by atoms with van der Waals surface area (Å²) in [5.41, 5.74) is -0.874. The van der Waals surface area contributed by atoms with Crippen molar-refractivity contribution < 1.29 is 14.3 Å². The predicted octanol–water partition coefficient (Wildman–Crippen LogP) is 1.64. The average molecular weight is 227 g/mol. The first-order valence-corrected chi connectivity index (χ1v) is 6.04. The van der Waals surface area contributed by atoms with E-state index in [1.54, 1.807) is 0 Å². The van der Waals surface area contributed by atoms with Crippen molar-refractivity contribution in [1.29, 1.82) is 0 Å². The van der Waals surface area contributed by atoms with Crippen molar-refractivity contribution in [2.24, 2.45) is 5.41 Å². The summed E-state index contributed by atoms with van der Waals surface area (Å²) in [6.45, 7) is 2.77. The lowest BCUT2D eigenvalue weighted by atomic mass is 9.68. The summed E-state index contributed by atoms with van der Waals surface area (Å²) < 4.78 is 4.71. The topological polar surface area (TPSA) is 55.4 Å². The molecular formula is C12H21NO3. The summed E-state index contributed by atoms with van der Waals surface area (Å²) in [6.07, 6.45) is 5.37. The van der Waals surface area contributed by atoms with Gasteiger partial charge in [0.05, 0.1) is 7.11 Å². The number of nitrogens with one attached hydrogen (secondary N) is 1. The number of carbonyl (C=O) groups is 2. The van der Waals surface area contributed by atoms with Crippen molar-refractivity contribution in [2.45, 2.75) is 45.4 Å².